The highest BCUT2D eigenvalue weighted by molar-refractivity contribution is 6.36. The molecule has 6 heteroatoms. The molecule has 1 aliphatic rings. The smallest absolute Gasteiger partial charge is 0.155 e. The first kappa shape index (κ1) is 18.5. The van der Waals surface area contributed by atoms with Gasteiger partial charge in [0.05, 0.1) is 0 Å². The first-order valence-electron chi connectivity index (χ1n) is 8.11. The van der Waals surface area contributed by atoms with Crippen LogP contribution in [-0.2, 0) is 5.54 Å². The van der Waals surface area contributed by atoms with Crippen molar-refractivity contribution in [2.75, 3.05) is 0 Å². The summed E-state index contributed by atoms with van der Waals surface area (Å²) in [5, 5.41) is 2.06. The lowest BCUT2D eigenvalue weighted by Gasteiger charge is -2.26. The lowest BCUT2D eigenvalue weighted by Crippen LogP contribution is -2.26. The minimum atomic E-state index is -0.964. The van der Waals surface area contributed by atoms with E-state index in [9.17, 15) is 0 Å². The maximum Gasteiger partial charge on any atom is 0.155 e. The zero-order valence-electron chi connectivity index (χ0n) is 13.8. The lowest BCUT2D eigenvalue weighted by molar-refractivity contribution is 0.763. The topological polar surface area (TPSA) is 24.7 Å². The molecule has 27 heavy (non-hydrogen) atoms. The van der Waals surface area contributed by atoms with Crippen molar-refractivity contribution in [3.63, 3.8) is 0 Å². The summed E-state index contributed by atoms with van der Waals surface area (Å²) in [4.78, 5) is 9.53. The van der Waals surface area contributed by atoms with Gasteiger partial charge in [-0.25, -0.2) is 9.98 Å². The molecular formula is C21H12Cl4N2. The van der Waals surface area contributed by atoms with Crippen LogP contribution >= 0.6 is 46.4 Å². The predicted octanol–water partition coefficient (Wildman–Crippen LogP) is 7.08. The molecule has 0 amide bonds. The van der Waals surface area contributed by atoms with Gasteiger partial charge in [-0.2, -0.15) is 0 Å². The molecule has 134 valence electrons. The third-order valence-electron chi connectivity index (χ3n) is 4.37. The Morgan fingerprint density at radius 1 is 0.667 bits per heavy atom. The van der Waals surface area contributed by atoms with Gasteiger partial charge in [0.2, 0.25) is 0 Å². The summed E-state index contributed by atoms with van der Waals surface area (Å²) in [6, 6.07) is 20.4. The van der Waals surface area contributed by atoms with Crippen molar-refractivity contribution in [2.45, 2.75) is 5.54 Å². The van der Waals surface area contributed by atoms with Crippen LogP contribution in [0.3, 0.4) is 0 Å². The number of aliphatic imine (C=N–C) groups is 2. The van der Waals surface area contributed by atoms with Gasteiger partial charge in [0.25, 0.3) is 0 Å². The van der Waals surface area contributed by atoms with Crippen LogP contribution in [0.15, 0.2) is 76.7 Å². The fraction of sp³-hybridized carbons (Fsp3) is 0.0476. The highest BCUT2D eigenvalue weighted by Crippen LogP contribution is 2.43. The SMILES string of the molecule is Clc1ccc(C2(c3ccc(Cl)cc3Cl)C=NC(c3ccccc3)=N2)c(Cl)c1. The predicted molar refractivity (Wildman–Crippen MR) is 115 cm³/mol. The molecule has 0 saturated carbocycles. The molecule has 3 aromatic carbocycles. The number of nitrogens with zero attached hydrogens (tertiary/aromatic N) is 2. The van der Waals surface area contributed by atoms with Gasteiger partial charge in [-0.05, 0) is 24.3 Å². The molecule has 0 fully saturated rings. The third-order valence-corrected chi connectivity index (χ3v) is 5.47. The largest absolute Gasteiger partial charge is 0.244 e. The number of amidine groups is 1. The maximum atomic E-state index is 6.54. The van der Waals surface area contributed by atoms with E-state index in [2.05, 4.69) is 4.99 Å². The molecule has 0 atom stereocenters. The van der Waals surface area contributed by atoms with Gasteiger partial charge in [0.1, 0.15) is 0 Å². The van der Waals surface area contributed by atoms with Gasteiger partial charge < -0.3 is 0 Å². The highest BCUT2D eigenvalue weighted by atomic mass is 35.5. The molecule has 1 heterocycles. The van der Waals surface area contributed by atoms with E-state index in [0.29, 0.717) is 25.9 Å². The van der Waals surface area contributed by atoms with Crippen LogP contribution in [0.4, 0.5) is 0 Å². The molecule has 0 N–H and O–H groups in total. The van der Waals surface area contributed by atoms with E-state index in [1.807, 2.05) is 42.5 Å². The molecule has 0 saturated heterocycles. The minimum Gasteiger partial charge on any atom is -0.244 e. The summed E-state index contributed by atoms with van der Waals surface area (Å²) < 4.78 is 0. The van der Waals surface area contributed by atoms with Crippen molar-refractivity contribution in [2.24, 2.45) is 9.98 Å². The van der Waals surface area contributed by atoms with Crippen molar-refractivity contribution in [3.05, 3.63) is 104 Å². The summed E-state index contributed by atoms with van der Waals surface area (Å²) in [5.74, 6) is 0.604. The van der Waals surface area contributed by atoms with Gasteiger partial charge in [-0.15, -0.1) is 0 Å². The van der Waals surface area contributed by atoms with Crippen LogP contribution in [0.1, 0.15) is 16.7 Å². The normalized spacial score (nSPS) is 15.0. The first-order chi connectivity index (χ1) is 13.0. The van der Waals surface area contributed by atoms with Gasteiger partial charge in [-0.3, -0.25) is 0 Å². The Morgan fingerprint density at radius 2 is 1.22 bits per heavy atom. The molecular weight excluding hydrogens is 422 g/mol. The molecule has 0 unspecified atom stereocenters. The average molecular weight is 434 g/mol. The van der Waals surface area contributed by atoms with E-state index in [1.165, 1.54) is 0 Å². The summed E-state index contributed by atoms with van der Waals surface area (Å²) in [6.45, 7) is 0. The fourth-order valence-corrected chi connectivity index (χ4v) is 4.21. The van der Waals surface area contributed by atoms with E-state index in [4.69, 9.17) is 51.4 Å². The van der Waals surface area contributed by atoms with Gasteiger partial charge in [0.15, 0.2) is 11.4 Å². The van der Waals surface area contributed by atoms with Crippen molar-refractivity contribution < 1.29 is 0 Å². The van der Waals surface area contributed by atoms with Crippen molar-refractivity contribution in [1.82, 2.24) is 0 Å². The van der Waals surface area contributed by atoms with E-state index in [-0.39, 0.29) is 0 Å². The van der Waals surface area contributed by atoms with Crippen LogP contribution in [-0.4, -0.2) is 12.1 Å². The maximum absolute atomic E-state index is 6.54. The molecule has 3 aromatic rings. The number of benzene rings is 3. The fourth-order valence-electron chi connectivity index (χ4n) is 3.11. The van der Waals surface area contributed by atoms with E-state index < -0.39 is 5.54 Å². The Balaban J connectivity index is 1.97. The third kappa shape index (κ3) is 3.39. The van der Waals surface area contributed by atoms with E-state index in [0.717, 1.165) is 16.7 Å². The van der Waals surface area contributed by atoms with Crippen LogP contribution in [0.2, 0.25) is 20.1 Å². The molecule has 0 aliphatic carbocycles. The van der Waals surface area contributed by atoms with Crippen LogP contribution in [0, 0.1) is 0 Å². The standard InChI is InChI=1S/C21H12Cl4N2/c22-14-6-8-16(18(24)10-14)21(17-9-7-15(23)11-19(17)25)12-26-20(27-21)13-4-2-1-3-5-13/h1-12H. The molecule has 0 radical (unpaired) electrons. The average Bonchev–Trinajstić information content (AvgIpc) is 3.08. The van der Waals surface area contributed by atoms with Crippen molar-refractivity contribution in [3.8, 4) is 0 Å². The van der Waals surface area contributed by atoms with Gasteiger partial charge >= 0.3 is 0 Å². The number of hydrogen-bond donors (Lipinski definition) is 0. The van der Waals surface area contributed by atoms with Gasteiger partial charge in [0, 0.05) is 43.0 Å². The van der Waals surface area contributed by atoms with Gasteiger partial charge in [-0.1, -0.05) is 88.9 Å². The van der Waals surface area contributed by atoms with Crippen molar-refractivity contribution >= 4 is 58.5 Å². The Labute approximate surface area is 177 Å². The quantitative estimate of drug-likeness (QED) is 0.421. The lowest BCUT2D eigenvalue weighted by atomic mass is 9.84. The second kappa shape index (κ2) is 7.29. The van der Waals surface area contributed by atoms with Crippen LogP contribution in [0.5, 0.6) is 0 Å². The Hall–Kier alpha value is -1.84. The summed E-state index contributed by atoms with van der Waals surface area (Å²) in [6.07, 6.45) is 1.76. The highest BCUT2D eigenvalue weighted by Gasteiger charge is 2.39. The number of halogens is 4. The molecule has 4 rings (SSSR count). The summed E-state index contributed by atoms with van der Waals surface area (Å²) in [5.41, 5.74) is 1.43. The monoisotopic (exact) mass is 432 g/mol. The first-order valence-corrected chi connectivity index (χ1v) is 9.62. The second-order valence-electron chi connectivity index (χ2n) is 6.07. The second-order valence-corrected chi connectivity index (χ2v) is 7.76. The summed E-state index contributed by atoms with van der Waals surface area (Å²) in [7, 11) is 0. The summed E-state index contributed by atoms with van der Waals surface area (Å²) >= 11 is 25.3. The zero-order valence-corrected chi connectivity index (χ0v) is 16.9. The van der Waals surface area contributed by atoms with Crippen LogP contribution in [0.25, 0.3) is 0 Å². The zero-order chi connectivity index (χ0) is 19.0. The Kier molecular flexibility index (Phi) is 5.00. The molecule has 0 bridgehead atoms. The molecule has 2 nitrogen and oxygen atoms in total. The van der Waals surface area contributed by atoms with Crippen LogP contribution < -0.4 is 0 Å². The minimum absolute atomic E-state index is 0.484. The Morgan fingerprint density at radius 3 is 1.74 bits per heavy atom. The molecule has 0 spiro atoms. The molecule has 1 aliphatic heterocycles. The Bertz CT molecular complexity index is 1020. The van der Waals surface area contributed by atoms with E-state index in [1.54, 1.807) is 30.5 Å². The number of rotatable bonds is 3. The van der Waals surface area contributed by atoms with E-state index >= 15 is 0 Å². The molecule has 0 aromatic heterocycles. The van der Waals surface area contributed by atoms with Crippen molar-refractivity contribution in [1.29, 1.82) is 0 Å². The number of hydrogen-bond acceptors (Lipinski definition) is 2.